The first-order chi connectivity index (χ1) is 14.2. The van der Waals surface area contributed by atoms with Gasteiger partial charge in [0.05, 0.1) is 11.3 Å². The molecule has 0 amide bonds. The molecule has 0 unspecified atom stereocenters. The minimum Gasteiger partial charge on any atom is -0.388 e. The topological polar surface area (TPSA) is 36.9 Å². The van der Waals surface area contributed by atoms with Crippen molar-refractivity contribution in [3.05, 3.63) is 65.2 Å². The van der Waals surface area contributed by atoms with Crippen molar-refractivity contribution >= 4 is 28.7 Å². The highest BCUT2D eigenvalue weighted by molar-refractivity contribution is 7.80. The summed E-state index contributed by atoms with van der Waals surface area (Å²) in [6.07, 6.45) is -2.14. The Hall–Kier alpha value is -2.61. The van der Waals surface area contributed by atoms with Gasteiger partial charge in [-0.05, 0) is 42.9 Å². The van der Waals surface area contributed by atoms with Gasteiger partial charge in [0, 0.05) is 38.0 Å². The second-order valence-corrected chi connectivity index (χ2v) is 8.24. The summed E-state index contributed by atoms with van der Waals surface area (Å²) in [5, 5.41) is 7.68. The van der Waals surface area contributed by atoms with Gasteiger partial charge in [-0.2, -0.15) is 13.2 Å². The van der Waals surface area contributed by atoms with Gasteiger partial charge in [0.15, 0.2) is 5.11 Å². The lowest BCUT2D eigenvalue weighted by atomic mass is 9.85. The molecule has 158 valence electrons. The molecule has 0 radical (unpaired) electrons. The first-order valence-corrected chi connectivity index (χ1v) is 10.2. The zero-order valence-electron chi connectivity index (χ0n) is 16.5. The van der Waals surface area contributed by atoms with Crippen LogP contribution in [0.4, 0.5) is 18.9 Å². The fourth-order valence-electron chi connectivity index (χ4n) is 3.78. The second kappa shape index (κ2) is 7.91. The third kappa shape index (κ3) is 4.43. The Morgan fingerprint density at radius 3 is 2.50 bits per heavy atom. The highest BCUT2D eigenvalue weighted by Gasteiger charge is 2.42. The number of thiocarbonyl (C=S) groups is 1. The van der Waals surface area contributed by atoms with Crippen molar-refractivity contribution in [1.29, 1.82) is 0 Å². The van der Waals surface area contributed by atoms with Gasteiger partial charge in [0.25, 0.3) is 0 Å². The third-order valence-corrected chi connectivity index (χ3v) is 5.99. The number of anilines is 1. The zero-order chi connectivity index (χ0) is 21.4. The standard InChI is InChI=1S/C22H22F3N3OS/c1-15-5-7-16(8-6-15)19-14-21(29-27-19)9-11-28(12-10-21)20(30)26-18-4-2-3-17(13-18)22(23,24)25/h2-8,13H,9-12,14H2,1H3,(H,26,30). The first-order valence-electron chi connectivity index (χ1n) is 9.79. The number of nitrogens with zero attached hydrogens (tertiary/aromatic N) is 2. The number of hydrogen-bond donors (Lipinski definition) is 1. The summed E-state index contributed by atoms with van der Waals surface area (Å²) in [5.41, 5.74) is 2.52. The summed E-state index contributed by atoms with van der Waals surface area (Å²) >= 11 is 5.43. The SMILES string of the molecule is Cc1ccc(C2=NOC3(CCN(C(=S)Nc4cccc(C(F)(F)F)c4)CC3)C2)cc1. The summed E-state index contributed by atoms with van der Waals surface area (Å²) in [4.78, 5) is 7.82. The van der Waals surface area contributed by atoms with E-state index >= 15 is 0 Å². The molecule has 0 bridgehead atoms. The van der Waals surface area contributed by atoms with E-state index in [1.165, 1.54) is 11.6 Å². The molecule has 0 aromatic heterocycles. The lowest BCUT2D eigenvalue weighted by Gasteiger charge is -2.38. The number of benzene rings is 2. The predicted octanol–water partition coefficient (Wildman–Crippen LogP) is 5.37. The molecule has 8 heteroatoms. The van der Waals surface area contributed by atoms with Crippen molar-refractivity contribution in [2.24, 2.45) is 5.16 Å². The number of piperidine rings is 1. The van der Waals surface area contributed by atoms with Crippen LogP contribution in [0.25, 0.3) is 0 Å². The van der Waals surface area contributed by atoms with Gasteiger partial charge in [0.2, 0.25) is 0 Å². The van der Waals surface area contributed by atoms with E-state index in [0.717, 1.165) is 42.7 Å². The molecule has 2 aliphatic heterocycles. The van der Waals surface area contributed by atoms with Crippen molar-refractivity contribution in [3.63, 3.8) is 0 Å². The van der Waals surface area contributed by atoms with Crippen molar-refractivity contribution in [1.82, 2.24) is 4.90 Å². The van der Waals surface area contributed by atoms with E-state index in [0.29, 0.717) is 23.9 Å². The largest absolute Gasteiger partial charge is 0.416 e. The predicted molar refractivity (Wildman–Crippen MR) is 115 cm³/mol. The summed E-state index contributed by atoms with van der Waals surface area (Å²) in [6, 6.07) is 13.3. The quantitative estimate of drug-likeness (QED) is 0.646. The number of hydrogen-bond acceptors (Lipinski definition) is 3. The van der Waals surface area contributed by atoms with Crippen molar-refractivity contribution < 1.29 is 18.0 Å². The highest BCUT2D eigenvalue weighted by Crippen LogP contribution is 2.36. The molecule has 2 heterocycles. The van der Waals surface area contributed by atoms with Crippen LogP contribution in [0.1, 0.15) is 36.0 Å². The van der Waals surface area contributed by atoms with Gasteiger partial charge in [-0.1, -0.05) is 41.1 Å². The molecule has 1 spiro atoms. The van der Waals surface area contributed by atoms with Crippen molar-refractivity contribution in [3.8, 4) is 0 Å². The van der Waals surface area contributed by atoms with Crippen LogP contribution in [0.3, 0.4) is 0 Å². The fraction of sp³-hybridized carbons (Fsp3) is 0.364. The minimum atomic E-state index is -4.38. The van der Waals surface area contributed by atoms with Crippen LogP contribution in [-0.2, 0) is 11.0 Å². The normalized spacial score (nSPS) is 18.1. The minimum absolute atomic E-state index is 0.331. The first kappa shape index (κ1) is 20.7. The molecule has 0 aliphatic carbocycles. The second-order valence-electron chi connectivity index (χ2n) is 7.85. The van der Waals surface area contributed by atoms with Crippen LogP contribution in [0, 0.1) is 6.92 Å². The number of oxime groups is 1. The molecule has 4 rings (SSSR count). The van der Waals surface area contributed by atoms with Gasteiger partial charge in [-0.25, -0.2) is 0 Å². The summed E-state index contributed by atoms with van der Waals surface area (Å²) in [7, 11) is 0. The molecule has 0 atom stereocenters. The highest BCUT2D eigenvalue weighted by atomic mass is 32.1. The van der Waals surface area contributed by atoms with Crippen LogP contribution in [0.5, 0.6) is 0 Å². The van der Waals surface area contributed by atoms with Crippen LogP contribution < -0.4 is 5.32 Å². The van der Waals surface area contributed by atoms with Crippen LogP contribution in [0.2, 0.25) is 0 Å². The smallest absolute Gasteiger partial charge is 0.388 e. The molecule has 0 saturated carbocycles. The number of aryl methyl sites for hydroxylation is 1. The van der Waals surface area contributed by atoms with Crippen LogP contribution >= 0.6 is 12.2 Å². The number of halogens is 3. The van der Waals surface area contributed by atoms with E-state index in [2.05, 4.69) is 34.7 Å². The Kier molecular flexibility index (Phi) is 5.44. The Bertz CT molecular complexity index is 964. The average Bonchev–Trinajstić information content (AvgIpc) is 3.12. The van der Waals surface area contributed by atoms with Gasteiger partial charge >= 0.3 is 6.18 Å². The van der Waals surface area contributed by atoms with Gasteiger partial charge in [0.1, 0.15) is 5.60 Å². The number of alkyl halides is 3. The maximum atomic E-state index is 12.9. The monoisotopic (exact) mass is 433 g/mol. The Labute approximate surface area is 178 Å². The number of nitrogens with one attached hydrogen (secondary N) is 1. The van der Waals surface area contributed by atoms with Gasteiger partial charge < -0.3 is 15.1 Å². The third-order valence-electron chi connectivity index (χ3n) is 5.63. The summed E-state index contributed by atoms with van der Waals surface area (Å²) in [6.45, 7) is 3.35. The molecule has 2 aliphatic rings. The Morgan fingerprint density at radius 2 is 1.83 bits per heavy atom. The molecule has 1 N–H and O–H groups in total. The maximum Gasteiger partial charge on any atom is 0.416 e. The molecule has 2 aromatic rings. The molecule has 4 nitrogen and oxygen atoms in total. The number of rotatable bonds is 2. The van der Waals surface area contributed by atoms with E-state index < -0.39 is 11.7 Å². The Morgan fingerprint density at radius 1 is 1.13 bits per heavy atom. The molecule has 2 aromatic carbocycles. The van der Waals surface area contributed by atoms with E-state index in [4.69, 9.17) is 17.1 Å². The van der Waals surface area contributed by atoms with E-state index in [-0.39, 0.29) is 5.60 Å². The van der Waals surface area contributed by atoms with Crippen molar-refractivity contribution in [2.75, 3.05) is 18.4 Å². The molecule has 1 fully saturated rings. The maximum absolute atomic E-state index is 12.9. The lowest BCUT2D eigenvalue weighted by Crippen LogP contribution is -2.48. The Balaban J connectivity index is 1.34. The van der Waals surface area contributed by atoms with E-state index in [1.54, 1.807) is 6.07 Å². The number of likely N-dealkylation sites (tertiary alicyclic amines) is 1. The molecule has 1 saturated heterocycles. The molecular formula is C22H22F3N3OS. The van der Waals surface area contributed by atoms with E-state index in [1.807, 2.05) is 11.8 Å². The van der Waals surface area contributed by atoms with Crippen molar-refractivity contribution in [2.45, 2.75) is 38.0 Å². The van der Waals surface area contributed by atoms with Crippen LogP contribution in [0.15, 0.2) is 53.7 Å². The molecule has 30 heavy (non-hydrogen) atoms. The van der Waals surface area contributed by atoms with E-state index in [9.17, 15) is 13.2 Å². The summed E-state index contributed by atoms with van der Waals surface area (Å²) < 4.78 is 38.7. The van der Waals surface area contributed by atoms with Gasteiger partial charge in [-0.15, -0.1) is 0 Å². The zero-order valence-corrected chi connectivity index (χ0v) is 17.3. The molecular weight excluding hydrogens is 411 g/mol. The lowest BCUT2D eigenvalue weighted by molar-refractivity contribution is -0.137. The summed E-state index contributed by atoms with van der Waals surface area (Å²) in [5.74, 6) is 0. The fourth-order valence-corrected chi connectivity index (χ4v) is 4.08. The van der Waals surface area contributed by atoms with Gasteiger partial charge in [-0.3, -0.25) is 0 Å². The average molecular weight is 433 g/mol. The van der Waals surface area contributed by atoms with Crippen LogP contribution in [-0.4, -0.2) is 34.4 Å².